The number of hydrogen-bond donors (Lipinski definition) is 2. The minimum absolute atomic E-state index is 0.109. The van der Waals surface area contributed by atoms with Crippen molar-refractivity contribution in [3.8, 4) is 0 Å². The first-order chi connectivity index (χ1) is 12.5. The molecular formula is C19H21N3O4. The lowest BCUT2D eigenvalue weighted by molar-refractivity contribution is -0.124. The summed E-state index contributed by atoms with van der Waals surface area (Å²) < 4.78 is 0. The zero-order valence-corrected chi connectivity index (χ0v) is 14.6. The van der Waals surface area contributed by atoms with E-state index in [1.807, 2.05) is 12.1 Å². The molecule has 1 atom stereocenters. The van der Waals surface area contributed by atoms with Gasteiger partial charge in [-0.05, 0) is 42.5 Å². The predicted molar refractivity (Wildman–Crippen MR) is 92.8 cm³/mol. The first-order valence-electron chi connectivity index (χ1n) is 8.89. The second-order valence-electron chi connectivity index (χ2n) is 7.48. The summed E-state index contributed by atoms with van der Waals surface area (Å²) in [6.07, 6.45) is 2.75. The standard InChI is InChI=1S/C19H21N3O4/c1-20-16(24)15(3-2-4-23)22-17(25)13-5-11-7-19(9-21-10-19)8-12(11)6-14(13)18(22)26/h4-6,15,21H,2-3,7-10H2,1H3,(H,20,24). The van der Waals surface area contributed by atoms with Gasteiger partial charge in [0.15, 0.2) is 0 Å². The number of carbonyl (C=O) groups is 4. The van der Waals surface area contributed by atoms with Crippen LogP contribution in [0.5, 0.6) is 0 Å². The van der Waals surface area contributed by atoms with Gasteiger partial charge in [-0.15, -0.1) is 0 Å². The molecule has 0 aromatic heterocycles. The molecule has 7 heteroatoms. The zero-order chi connectivity index (χ0) is 18.5. The molecule has 136 valence electrons. The Morgan fingerprint density at radius 1 is 1.23 bits per heavy atom. The van der Waals surface area contributed by atoms with Crippen molar-refractivity contribution in [3.05, 3.63) is 34.4 Å². The summed E-state index contributed by atoms with van der Waals surface area (Å²) in [6, 6.07) is 2.70. The summed E-state index contributed by atoms with van der Waals surface area (Å²) in [5.41, 5.74) is 3.23. The maximum absolute atomic E-state index is 12.9. The molecular weight excluding hydrogens is 334 g/mol. The zero-order valence-electron chi connectivity index (χ0n) is 14.6. The summed E-state index contributed by atoms with van der Waals surface area (Å²) in [6.45, 7) is 1.93. The molecule has 2 aliphatic heterocycles. The summed E-state index contributed by atoms with van der Waals surface area (Å²) >= 11 is 0. The summed E-state index contributed by atoms with van der Waals surface area (Å²) in [5, 5.41) is 5.78. The van der Waals surface area contributed by atoms with E-state index in [9.17, 15) is 19.2 Å². The Balaban J connectivity index is 1.67. The monoisotopic (exact) mass is 355 g/mol. The molecule has 0 radical (unpaired) electrons. The summed E-state index contributed by atoms with van der Waals surface area (Å²) in [7, 11) is 1.45. The molecule has 1 saturated heterocycles. The molecule has 4 rings (SSSR count). The number of hydrogen-bond acceptors (Lipinski definition) is 5. The molecule has 2 N–H and O–H groups in total. The van der Waals surface area contributed by atoms with Crippen molar-refractivity contribution in [2.75, 3.05) is 20.1 Å². The van der Waals surface area contributed by atoms with E-state index in [1.54, 1.807) is 0 Å². The Morgan fingerprint density at radius 2 is 1.81 bits per heavy atom. The fraction of sp³-hybridized carbons (Fsp3) is 0.474. The molecule has 1 aliphatic carbocycles. The quantitative estimate of drug-likeness (QED) is 0.575. The van der Waals surface area contributed by atoms with Crippen LogP contribution in [0.25, 0.3) is 0 Å². The first kappa shape index (κ1) is 16.9. The SMILES string of the molecule is CNC(=O)C(CCC=O)N1C(=O)c2cc3c(cc2C1=O)CC1(CNC1)C3. The first-order valence-corrected chi connectivity index (χ1v) is 8.89. The number of aldehydes is 1. The van der Waals surface area contributed by atoms with Crippen molar-refractivity contribution >= 4 is 24.0 Å². The molecule has 1 aromatic carbocycles. The minimum atomic E-state index is -0.963. The van der Waals surface area contributed by atoms with Crippen LogP contribution in [0, 0.1) is 5.41 Å². The second-order valence-corrected chi connectivity index (χ2v) is 7.48. The van der Waals surface area contributed by atoms with Crippen LogP contribution >= 0.6 is 0 Å². The third-order valence-electron chi connectivity index (χ3n) is 5.79. The number of carbonyl (C=O) groups excluding carboxylic acids is 4. The number of imide groups is 1. The topological polar surface area (TPSA) is 95.6 Å². The van der Waals surface area contributed by atoms with Crippen LogP contribution in [0.1, 0.15) is 44.7 Å². The Kier molecular flexibility index (Phi) is 3.91. The number of rotatable bonds is 5. The largest absolute Gasteiger partial charge is 0.357 e. The molecule has 1 aromatic rings. The molecule has 26 heavy (non-hydrogen) atoms. The molecule has 1 unspecified atom stereocenters. The van der Waals surface area contributed by atoms with Crippen LogP contribution in [-0.2, 0) is 22.4 Å². The van der Waals surface area contributed by atoms with Crippen molar-refractivity contribution in [2.24, 2.45) is 5.41 Å². The molecule has 1 fully saturated rings. The Hall–Kier alpha value is -2.54. The molecule has 0 bridgehead atoms. The molecule has 3 amide bonds. The van der Waals surface area contributed by atoms with E-state index in [0.717, 1.165) is 42.0 Å². The van der Waals surface area contributed by atoms with E-state index in [0.29, 0.717) is 17.4 Å². The van der Waals surface area contributed by atoms with Crippen molar-refractivity contribution < 1.29 is 19.2 Å². The smallest absolute Gasteiger partial charge is 0.262 e. The molecule has 2 heterocycles. The number of amides is 3. The number of fused-ring (bicyclic) bond motifs is 2. The minimum Gasteiger partial charge on any atom is -0.357 e. The second kappa shape index (κ2) is 6.02. The lowest BCUT2D eigenvalue weighted by Gasteiger charge is -2.39. The summed E-state index contributed by atoms with van der Waals surface area (Å²) in [5.74, 6) is -1.33. The van der Waals surface area contributed by atoms with Crippen LogP contribution in [0.15, 0.2) is 12.1 Å². The van der Waals surface area contributed by atoms with Gasteiger partial charge in [-0.25, -0.2) is 0 Å². The number of nitrogens with one attached hydrogen (secondary N) is 2. The fourth-order valence-corrected chi connectivity index (χ4v) is 4.38. The van der Waals surface area contributed by atoms with Crippen molar-refractivity contribution in [2.45, 2.75) is 31.7 Å². The Morgan fingerprint density at radius 3 is 2.23 bits per heavy atom. The maximum Gasteiger partial charge on any atom is 0.262 e. The van der Waals surface area contributed by atoms with Gasteiger partial charge < -0.3 is 15.4 Å². The average molecular weight is 355 g/mol. The lowest BCUT2D eigenvalue weighted by Crippen LogP contribution is -2.53. The average Bonchev–Trinajstić information content (AvgIpc) is 3.11. The van der Waals surface area contributed by atoms with Gasteiger partial charge >= 0.3 is 0 Å². The number of likely N-dealkylation sites (N-methyl/N-ethyl adjacent to an activating group) is 1. The molecule has 3 aliphatic rings. The van der Waals surface area contributed by atoms with E-state index >= 15 is 0 Å². The number of benzene rings is 1. The number of nitrogens with zero attached hydrogens (tertiary/aromatic N) is 1. The summed E-state index contributed by atoms with van der Waals surface area (Å²) in [4.78, 5) is 49.7. The van der Waals surface area contributed by atoms with Gasteiger partial charge in [-0.2, -0.15) is 0 Å². The van der Waals surface area contributed by atoms with Crippen LogP contribution in [-0.4, -0.2) is 55.1 Å². The van der Waals surface area contributed by atoms with Crippen LogP contribution in [0.4, 0.5) is 0 Å². The van der Waals surface area contributed by atoms with Gasteiger partial charge in [0.2, 0.25) is 5.91 Å². The van der Waals surface area contributed by atoms with Crippen LogP contribution < -0.4 is 10.6 Å². The van der Waals surface area contributed by atoms with E-state index in [1.165, 1.54) is 7.05 Å². The lowest BCUT2D eigenvalue weighted by atomic mass is 9.79. The van der Waals surface area contributed by atoms with Gasteiger partial charge in [0.1, 0.15) is 12.3 Å². The molecule has 0 saturated carbocycles. The normalized spacial score (nSPS) is 20.6. The van der Waals surface area contributed by atoms with Crippen molar-refractivity contribution in [1.29, 1.82) is 0 Å². The van der Waals surface area contributed by atoms with Crippen molar-refractivity contribution in [3.63, 3.8) is 0 Å². The van der Waals surface area contributed by atoms with Gasteiger partial charge in [0.25, 0.3) is 11.8 Å². The third-order valence-corrected chi connectivity index (χ3v) is 5.79. The van der Waals surface area contributed by atoms with E-state index in [4.69, 9.17) is 0 Å². The predicted octanol–water partition coefficient (Wildman–Crippen LogP) is 0.0645. The van der Waals surface area contributed by atoms with Gasteiger partial charge in [-0.1, -0.05) is 0 Å². The van der Waals surface area contributed by atoms with E-state index in [2.05, 4.69) is 10.6 Å². The van der Waals surface area contributed by atoms with Gasteiger partial charge in [0.05, 0.1) is 11.1 Å². The molecule has 7 nitrogen and oxygen atoms in total. The van der Waals surface area contributed by atoms with E-state index in [-0.39, 0.29) is 18.3 Å². The van der Waals surface area contributed by atoms with E-state index < -0.39 is 23.8 Å². The van der Waals surface area contributed by atoms with Gasteiger partial charge in [0, 0.05) is 32.0 Å². The highest BCUT2D eigenvalue weighted by Gasteiger charge is 2.46. The highest BCUT2D eigenvalue weighted by atomic mass is 16.2. The highest BCUT2D eigenvalue weighted by Crippen LogP contribution is 2.42. The fourth-order valence-electron chi connectivity index (χ4n) is 4.38. The Labute approximate surface area is 151 Å². The molecule has 1 spiro atoms. The third kappa shape index (κ3) is 2.38. The van der Waals surface area contributed by atoms with Crippen LogP contribution in [0.3, 0.4) is 0 Å². The maximum atomic E-state index is 12.9. The van der Waals surface area contributed by atoms with Crippen LogP contribution in [0.2, 0.25) is 0 Å². The van der Waals surface area contributed by atoms with Crippen molar-refractivity contribution in [1.82, 2.24) is 15.5 Å². The Bertz CT molecular complexity index is 781. The highest BCUT2D eigenvalue weighted by molar-refractivity contribution is 6.23. The van der Waals surface area contributed by atoms with Gasteiger partial charge in [-0.3, -0.25) is 19.3 Å².